The predicted molar refractivity (Wildman–Crippen MR) is 161 cm³/mol. The van der Waals surface area contributed by atoms with Gasteiger partial charge in [0.05, 0.1) is 23.6 Å². The number of aromatic amines is 2. The summed E-state index contributed by atoms with van der Waals surface area (Å²) >= 11 is 1.23. The standard InChI is InChI=1S/C20H20N6O2S.C4H11N.C2H6.CH5N/c1-13(29-14(2)20(28)19-8-9-21-26-19)16(10-22-24-12-27)7-6-15-4-3-5-18-17(15)11-23-25-18;1-3-4-5-2;2*1-2/h3-5,7-12,20,28H,1-2,6H2,(H,21,26)(H,23,25)(H,24,27);5H,3-4H2,1-2H3;1-2H3;2H2,1H3/b16-7+,22-10-;;;. The molecule has 3 aromatic rings. The first kappa shape index (κ1) is 34.5. The third kappa shape index (κ3) is 12.2. The number of carbonyl (C=O) groups excluding carboxylic acids is 1. The number of nitrogens with one attached hydrogen (secondary N) is 4. The van der Waals surface area contributed by atoms with Crippen LogP contribution in [0.1, 0.15) is 44.6 Å². The maximum Gasteiger partial charge on any atom is 0.227 e. The number of hydrogen-bond donors (Lipinski definition) is 6. The summed E-state index contributed by atoms with van der Waals surface area (Å²) in [7, 11) is 3.46. The van der Waals surface area contributed by atoms with Crippen LogP contribution in [0.4, 0.5) is 0 Å². The summed E-state index contributed by atoms with van der Waals surface area (Å²) in [4.78, 5) is 11.6. The molecule has 0 aliphatic rings. The van der Waals surface area contributed by atoms with Crippen molar-refractivity contribution in [1.82, 2.24) is 31.1 Å². The van der Waals surface area contributed by atoms with Gasteiger partial charge in [0.2, 0.25) is 6.41 Å². The Morgan fingerprint density at radius 1 is 1.24 bits per heavy atom. The van der Waals surface area contributed by atoms with E-state index in [-0.39, 0.29) is 0 Å². The van der Waals surface area contributed by atoms with Crippen LogP contribution in [-0.4, -0.2) is 58.8 Å². The minimum atomic E-state index is -0.912. The van der Waals surface area contributed by atoms with Crippen LogP contribution in [-0.2, 0) is 11.2 Å². The van der Waals surface area contributed by atoms with Crippen LogP contribution in [0.5, 0.6) is 0 Å². The van der Waals surface area contributed by atoms with Crippen LogP contribution in [0.25, 0.3) is 10.9 Å². The van der Waals surface area contributed by atoms with E-state index in [1.54, 1.807) is 18.5 Å². The zero-order valence-corrected chi connectivity index (χ0v) is 23.8. The second-order valence-corrected chi connectivity index (χ2v) is 8.35. The number of aliphatic hydroxyl groups is 1. The smallest absolute Gasteiger partial charge is 0.227 e. The first-order valence-electron chi connectivity index (χ1n) is 12.3. The lowest BCUT2D eigenvalue weighted by atomic mass is 10.1. The number of thioether (sulfide) groups is 1. The summed E-state index contributed by atoms with van der Waals surface area (Å²) in [5.41, 5.74) is 10.0. The lowest BCUT2D eigenvalue weighted by Crippen LogP contribution is -2.04. The average Bonchev–Trinajstić information content (AvgIpc) is 3.66. The van der Waals surface area contributed by atoms with Gasteiger partial charge in [-0.1, -0.05) is 63.9 Å². The van der Waals surface area contributed by atoms with Gasteiger partial charge in [-0.2, -0.15) is 15.3 Å². The molecule has 10 nitrogen and oxygen atoms in total. The van der Waals surface area contributed by atoms with Gasteiger partial charge in [0, 0.05) is 27.0 Å². The van der Waals surface area contributed by atoms with Crippen LogP contribution >= 0.6 is 11.8 Å². The maximum atomic E-state index is 10.5. The van der Waals surface area contributed by atoms with Crippen molar-refractivity contribution < 1.29 is 9.90 Å². The largest absolute Gasteiger partial charge is 0.382 e. The number of nitrogens with two attached hydrogens (primary N) is 1. The van der Waals surface area contributed by atoms with Crippen molar-refractivity contribution in [3.05, 3.63) is 82.5 Å². The number of allylic oxidation sites excluding steroid dienone is 2. The quantitative estimate of drug-likeness (QED) is 0.0866. The number of aliphatic hydroxyl groups excluding tert-OH is 1. The summed E-state index contributed by atoms with van der Waals surface area (Å²) in [6.07, 6.45) is 8.21. The zero-order valence-electron chi connectivity index (χ0n) is 23.0. The molecule has 7 N–H and O–H groups in total. The molecule has 1 amide bonds. The van der Waals surface area contributed by atoms with Crippen molar-refractivity contribution in [2.75, 3.05) is 20.6 Å². The highest BCUT2D eigenvalue weighted by atomic mass is 32.2. The van der Waals surface area contributed by atoms with Crippen molar-refractivity contribution in [3.8, 4) is 0 Å². The Morgan fingerprint density at radius 2 is 1.97 bits per heavy atom. The van der Waals surface area contributed by atoms with E-state index in [0.29, 0.717) is 33.9 Å². The molecule has 0 fully saturated rings. The molecule has 0 bridgehead atoms. The Kier molecular flexibility index (Phi) is 19.6. The number of hydrogen-bond acceptors (Lipinski definition) is 8. The van der Waals surface area contributed by atoms with Gasteiger partial charge in [-0.25, -0.2) is 5.43 Å². The number of H-pyrrole nitrogens is 2. The van der Waals surface area contributed by atoms with Gasteiger partial charge in [-0.05, 0) is 51.2 Å². The molecule has 3 rings (SSSR count). The maximum absolute atomic E-state index is 10.5. The fourth-order valence-electron chi connectivity index (χ4n) is 2.92. The number of fused-ring (bicyclic) bond motifs is 1. The van der Waals surface area contributed by atoms with E-state index in [1.807, 2.05) is 45.2 Å². The number of hydrazone groups is 1. The number of carbonyl (C=O) groups is 1. The van der Waals surface area contributed by atoms with E-state index in [2.05, 4.69) is 62.1 Å². The molecule has 2 heterocycles. The molecule has 0 aliphatic heterocycles. The second kappa shape index (κ2) is 21.6. The number of aromatic nitrogens is 4. The van der Waals surface area contributed by atoms with Gasteiger partial charge in [0.25, 0.3) is 0 Å². The highest BCUT2D eigenvalue weighted by molar-refractivity contribution is 8.07. The van der Waals surface area contributed by atoms with Crippen LogP contribution in [0.15, 0.2) is 76.4 Å². The SMILES string of the molecule is C=C(SC(=C)C(O)c1ccn[nH]1)C(/C=N\NC=O)=C/Cc1cccc2[nH]ncc12.CC.CCCNC.CN. The number of amides is 1. The molecule has 0 saturated heterocycles. The zero-order chi connectivity index (χ0) is 28.8. The number of nitrogens with zero attached hydrogens (tertiary/aromatic N) is 3. The molecule has 2 aromatic heterocycles. The monoisotopic (exact) mass is 542 g/mol. The summed E-state index contributed by atoms with van der Waals surface area (Å²) < 4.78 is 0. The van der Waals surface area contributed by atoms with Gasteiger partial charge in [0.1, 0.15) is 6.10 Å². The fourth-order valence-corrected chi connectivity index (χ4v) is 3.73. The number of benzene rings is 1. The van der Waals surface area contributed by atoms with Gasteiger partial charge < -0.3 is 16.2 Å². The summed E-state index contributed by atoms with van der Waals surface area (Å²) in [6.45, 7) is 15.3. The fraction of sp³-hybridized carbons (Fsp3) is 0.333. The Labute approximate surface area is 230 Å². The first-order chi connectivity index (χ1) is 18.5. The van der Waals surface area contributed by atoms with Gasteiger partial charge >= 0.3 is 0 Å². The molecular formula is C27H42N8O2S. The number of rotatable bonds is 12. The van der Waals surface area contributed by atoms with Crippen LogP contribution < -0.4 is 16.5 Å². The third-order valence-corrected chi connectivity index (χ3v) is 5.61. The van der Waals surface area contributed by atoms with Crippen LogP contribution in [0.2, 0.25) is 0 Å². The van der Waals surface area contributed by atoms with E-state index >= 15 is 0 Å². The van der Waals surface area contributed by atoms with Crippen molar-refractivity contribution in [1.29, 1.82) is 0 Å². The lowest BCUT2D eigenvalue weighted by Gasteiger charge is -2.13. The third-order valence-electron chi connectivity index (χ3n) is 4.65. The molecule has 11 heteroatoms. The minimum absolute atomic E-state index is 0.483. The van der Waals surface area contributed by atoms with Crippen molar-refractivity contribution in [2.24, 2.45) is 10.8 Å². The van der Waals surface area contributed by atoms with Crippen molar-refractivity contribution >= 4 is 35.3 Å². The lowest BCUT2D eigenvalue weighted by molar-refractivity contribution is -0.109. The van der Waals surface area contributed by atoms with E-state index in [9.17, 15) is 9.90 Å². The van der Waals surface area contributed by atoms with E-state index in [4.69, 9.17) is 0 Å². The van der Waals surface area contributed by atoms with Crippen LogP contribution in [0, 0.1) is 0 Å². The van der Waals surface area contributed by atoms with Gasteiger partial charge in [0.15, 0.2) is 0 Å². The molecular weight excluding hydrogens is 500 g/mol. The first-order valence-corrected chi connectivity index (χ1v) is 13.1. The minimum Gasteiger partial charge on any atom is -0.382 e. The molecule has 208 valence electrons. The van der Waals surface area contributed by atoms with Crippen LogP contribution in [0.3, 0.4) is 0 Å². The summed E-state index contributed by atoms with van der Waals surface area (Å²) in [5, 5.41) is 31.9. The second-order valence-electron chi connectivity index (χ2n) is 7.13. The molecule has 1 atom stereocenters. The molecule has 38 heavy (non-hydrogen) atoms. The van der Waals surface area contributed by atoms with Crippen molar-refractivity contribution in [3.63, 3.8) is 0 Å². The highest BCUT2D eigenvalue weighted by Gasteiger charge is 2.16. The van der Waals surface area contributed by atoms with E-state index < -0.39 is 6.10 Å². The van der Waals surface area contributed by atoms with E-state index in [1.165, 1.54) is 31.4 Å². The molecule has 1 aromatic carbocycles. The molecule has 0 aliphatic carbocycles. The summed E-state index contributed by atoms with van der Waals surface area (Å²) in [5.74, 6) is 0. The molecule has 0 saturated carbocycles. The molecule has 1 unspecified atom stereocenters. The Balaban J connectivity index is 0.00000134. The van der Waals surface area contributed by atoms with Gasteiger partial charge in [-0.15, -0.1) is 0 Å². The van der Waals surface area contributed by atoms with E-state index in [0.717, 1.165) is 23.0 Å². The topological polar surface area (TPSA) is 157 Å². The summed E-state index contributed by atoms with van der Waals surface area (Å²) in [6, 6.07) is 7.61. The van der Waals surface area contributed by atoms with Crippen molar-refractivity contribution in [2.45, 2.75) is 39.7 Å². The Morgan fingerprint density at radius 3 is 2.55 bits per heavy atom. The normalized spacial score (nSPS) is 11.3. The average molecular weight is 543 g/mol. The predicted octanol–water partition coefficient (Wildman–Crippen LogP) is 4.20. The van der Waals surface area contributed by atoms with Gasteiger partial charge in [-0.3, -0.25) is 15.0 Å². The highest BCUT2D eigenvalue weighted by Crippen LogP contribution is 2.35. The molecule has 0 spiro atoms. The Bertz CT molecular complexity index is 1120. The molecule has 0 radical (unpaired) electrons. The Hall–Kier alpha value is -3.51.